The summed E-state index contributed by atoms with van der Waals surface area (Å²) in [7, 11) is -2.49. The standard InChI is InChI=1S/C9H14N2O4S2/c1-6(2)10-9(12)8-4-7(5-16-8)17(13,14)11-15-3/h4-6,11H,1-3H3,(H,10,12). The zero-order valence-corrected chi connectivity index (χ0v) is 11.3. The van der Waals surface area contributed by atoms with Crippen LogP contribution in [0.1, 0.15) is 23.5 Å². The highest BCUT2D eigenvalue weighted by Crippen LogP contribution is 2.19. The first-order chi connectivity index (χ1) is 7.86. The van der Waals surface area contributed by atoms with Crippen molar-refractivity contribution < 1.29 is 18.0 Å². The third-order valence-corrected chi connectivity index (χ3v) is 4.04. The molecule has 6 nitrogen and oxygen atoms in total. The molecule has 0 aromatic carbocycles. The van der Waals surface area contributed by atoms with Crippen LogP contribution in [0.3, 0.4) is 0 Å². The first kappa shape index (κ1) is 14.1. The molecule has 0 bridgehead atoms. The van der Waals surface area contributed by atoms with Gasteiger partial charge in [-0.2, -0.15) is 0 Å². The molecule has 1 heterocycles. The molecule has 1 aromatic heterocycles. The van der Waals surface area contributed by atoms with Crippen molar-refractivity contribution in [2.75, 3.05) is 7.11 Å². The second-order valence-electron chi connectivity index (χ2n) is 3.57. The van der Waals surface area contributed by atoms with E-state index in [2.05, 4.69) is 10.2 Å². The Morgan fingerprint density at radius 1 is 1.47 bits per heavy atom. The molecule has 0 atom stereocenters. The van der Waals surface area contributed by atoms with Crippen molar-refractivity contribution in [3.8, 4) is 0 Å². The number of nitrogens with one attached hydrogen (secondary N) is 2. The molecule has 1 aromatic rings. The molecule has 96 valence electrons. The molecule has 17 heavy (non-hydrogen) atoms. The van der Waals surface area contributed by atoms with Crippen LogP contribution in [0.4, 0.5) is 0 Å². The Balaban J connectivity index is 2.89. The maximum atomic E-state index is 11.6. The molecule has 0 aliphatic carbocycles. The first-order valence-corrected chi connectivity index (χ1v) is 7.17. The highest BCUT2D eigenvalue weighted by Gasteiger charge is 2.18. The third-order valence-electron chi connectivity index (χ3n) is 1.72. The summed E-state index contributed by atoms with van der Waals surface area (Å²) in [4.78, 5) is 18.2. The maximum absolute atomic E-state index is 11.6. The predicted molar refractivity (Wildman–Crippen MR) is 64.3 cm³/mol. The second kappa shape index (κ2) is 5.58. The van der Waals surface area contributed by atoms with Crippen LogP contribution in [0, 0.1) is 0 Å². The summed E-state index contributed by atoms with van der Waals surface area (Å²) >= 11 is 1.07. The van der Waals surface area contributed by atoms with Crippen LogP contribution in [0.25, 0.3) is 0 Å². The number of hydrogen-bond donors (Lipinski definition) is 2. The Kier molecular flexibility index (Phi) is 4.63. The lowest BCUT2D eigenvalue weighted by atomic mass is 10.3. The van der Waals surface area contributed by atoms with E-state index in [1.807, 2.05) is 18.7 Å². The van der Waals surface area contributed by atoms with Gasteiger partial charge in [0.1, 0.15) is 0 Å². The van der Waals surface area contributed by atoms with E-state index in [4.69, 9.17) is 0 Å². The summed E-state index contributed by atoms with van der Waals surface area (Å²) in [5.41, 5.74) is 0. The van der Waals surface area contributed by atoms with Crippen molar-refractivity contribution in [2.45, 2.75) is 24.8 Å². The molecule has 1 rings (SSSR count). The predicted octanol–water partition coefficient (Wildman–Crippen LogP) is 0.726. The van der Waals surface area contributed by atoms with Crippen molar-refractivity contribution >= 4 is 27.3 Å². The van der Waals surface area contributed by atoms with Gasteiger partial charge < -0.3 is 5.32 Å². The minimum atomic E-state index is -3.69. The van der Waals surface area contributed by atoms with Gasteiger partial charge in [0.05, 0.1) is 16.9 Å². The quantitative estimate of drug-likeness (QED) is 0.777. The topological polar surface area (TPSA) is 84.5 Å². The van der Waals surface area contributed by atoms with E-state index in [0.29, 0.717) is 4.88 Å². The largest absolute Gasteiger partial charge is 0.349 e. The van der Waals surface area contributed by atoms with Gasteiger partial charge >= 0.3 is 0 Å². The van der Waals surface area contributed by atoms with Gasteiger partial charge in [0.15, 0.2) is 0 Å². The minimum Gasteiger partial charge on any atom is -0.349 e. The summed E-state index contributed by atoms with van der Waals surface area (Å²) in [6.07, 6.45) is 0. The van der Waals surface area contributed by atoms with Crippen molar-refractivity contribution in [1.82, 2.24) is 10.2 Å². The monoisotopic (exact) mass is 278 g/mol. The average Bonchev–Trinajstić information content (AvgIpc) is 2.65. The summed E-state index contributed by atoms with van der Waals surface area (Å²) in [6, 6.07) is 1.31. The van der Waals surface area contributed by atoms with Crippen LogP contribution < -0.4 is 10.2 Å². The van der Waals surface area contributed by atoms with Crippen molar-refractivity contribution in [2.24, 2.45) is 0 Å². The third kappa shape index (κ3) is 3.77. The fourth-order valence-corrected chi connectivity index (χ4v) is 3.06. The number of carbonyl (C=O) groups is 1. The lowest BCUT2D eigenvalue weighted by Gasteiger charge is -2.05. The maximum Gasteiger partial charge on any atom is 0.263 e. The highest BCUT2D eigenvalue weighted by atomic mass is 32.2. The minimum absolute atomic E-state index is 0.00163. The van der Waals surface area contributed by atoms with Crippen molar-refractivity contribution in [3.05, 3.63) is 16.3 Å². The second-order valence-corrected chi connectivity index (χ2v) is 6.12. The molecule has 0 saturated carbocycles. The first-order valence-electron chi connectivity index (χ1n) is 4.81. The molecule has 2 N–H and O–H groups in total. The fourth-order valence-electron chi connectivity index (χ4n) is 1.07. The Bertz CT molecular complexity index is 493. The Labute approximate surface area is 104 Å². The van der Waals surface area contributed by atoms with Crippen LogP contribution in [0.2, 0.25) is 0 Å². The molecule has 0 spiro atoms. The number of carbonyl (C=O) groups excluding carboxylic acids is 1. The molecule has 0 fully saturated rings. The molecule has 0 radical (unpaired) electrons. The summed E-state index contributed by atoms with van der Waals surface area (Å²) in [5, 5.41) is 4.07. The molecule has 0 aliphatic rings. The van der Waals surface area contributed by atoms with Crippen LogP contribution in [0.15, 0.2) is 16.3 Å². The molecular weight excluding hydrogens is 264 g/mol. The zero-order chi connectivity index (χ0) is 13.1. The lowest BCUT2D eigenvalue weighted by molar-refractivity contribution is 0.0947. The van der Waals surface area contributed by atoms with E-state index in [1.54, 1.807) is 0 Å². The van der Waals surface area contributed by atoms with Gasteiger partial charge in [-0.3, -0.25) is 9.63 Å². The number of hydrogen-bond acceptors (Lipinski definition) is 5. The zero-order valence-electron chi connectivity index (χ0n) is 9.68. The molecular formula is C9H14N2O4S2. The fraction of sp³-hybridized carbons (Fsp3) is 0.444. The van der Waals surface area contributed by atoms with E-state index in [9.17, 15) is 13.2 Å². The van der Waals surface area contributed by atoms with E-state index in [-0.39, 0.29) is 16.8 Å². The summed E-state index contributed by atoms with van der Waals surface area (Å²) < 4.78 is 23.1. The van der Waals surface area contributed by atoms with Gasteiger partial charge in [-0.05, 0) is 19.9 Å². The van der Waals surface area contributed by atoms with Crippen LogP contribution >= 0.6 is 11.3 Å². The molecule has 0 aliphatic heterocycles. The number of sulfonamides is 1. The number of thiophene rings is 1. The van der Waals surface area contributed by atoms with Gasteiger partial charge in [0.2, 0.25) is 0 Å². The molecule has 0 saturated heterocycles. The van der Waals surface area contributed by atoms with E-state index in [1.165, 1.54) is 18.6 Å². The Hall–Kier alpha value is -0.960. The Morgan fingerprint density at radius 3 is 2.65 bits per heavy atom. The van der Waals surface area contributed by atoms with Crippen molar-refractivity contribution in [3.63, 3.8) is 0 Å². The van der Waals surface area contributed by atoms with Crippen molar-refractivity contribution in [1.29, 1.82) is 0 Å². The van der Waals surface area contributed by atoms with Gasteiger partial charge in [0, 0.05) is 11.4 Å². The van der Waals surface area contributed by atoms with Crippen LogP contribution in [-0.4, -0.2) is 27.5 Å². The summed E-state index contributed by atoms with van der Waals surface area (Å²) in [6.45, 7) is 3.66. The van der Waals surface area contributed by atoms with Gasteiger partial charge in [0.25, 0.3) is 15.9 Å². The SMILES string of the molecule is CONS(=O)(=O)c1csc(C(=O)NC(C)C)c1. The van der Waals surface area contributed by atoms with E-state index >= 15 is 0 Å². The highest BCUT2D eigenvalue weighted by molar-refractivity contribution is 7.89. The van der Waals surface area contributed by atoms with Crippen LogP contribution in [-0.2, 0) is 14.9 Å². The number of amides is 1. The van der Waals surface area contributed by atoms with E-state index in [0.717, 1.165) is 11.3 Å². The molecule has 0 unspecified atom stereocenters. The molecule has 1 amide bonds. The molecule has 8 heteroatoms. The van der Waals surface area contributed by atoms with Gasteiger partial charge in [-0.1, -0.05) is 4.89 Å². The lowest BCUT2D eigenvalue weighted by Crippen LogP contribution is -2.29. The summed E-state index contributed by atoms with van der Waals surface area (Å²) in [5.74, 6) is -0.288. The van der Waals surface area contributed by atoms with Gasteiger partial charge in [-0.15, -0.1) is 11.3 Å². The van der Waals surface area contributed by atoms with E-state index < -0.39 is 10.0 Å². The van der Waals surface area contributed by atoms with Crippen LogP contribution in [0.5, 0.6) is 0 Å². The Morgan fingerprint density at radius 2 is 2.12 bits per heavy atom. The number of rotatable bonds is 5. The normalized spacial score (nSPS) is 11.8. The van der Waals surface area contributed by atoms with Gasteiger partial charge in [-0.25, -0.2) is 8.42 Å². The average molecular weight is 278 g/mol. The smallest absolute Gasteiger partial charge is 0.263 e.